The van der Waals surface area contributed by atoms with Crippen molar-refractivity contribution in [3.63, 3.8) is 0 Å². The highest BCUT2D eigenvalue weighted by Gasteiger charge is 2.33. The molecule has 3 rings (SSSR count). The average Bonchev–Trinajstić information content (AvgIpc) is 3.30. The maximum absolute atomic E-state index is 13.7. The maximum atomic E-state index is 13.7. The van der Waals surface area contributed by atoms with E-state index in [2.05, 4.69) is 5.32 Å². The van der Waals surface area contributed by atoms with E-state index >= 15 is 0 Å². The van der Waals surface area contributed by atoms with Crippen LogP contribution >= 0.6 is 23.2 Å². The summed E-state index contributed by atoms with van der Waals surface area (Å²) in [6, 6.07) is 11.4. The van der Waals surface area contributed by atoms with E-state index < -0.39 is 28.5 Å². The number of nitrogens with zero attached hydrogens (tertiary/aromatic N) is 2. The van der Waals surface area contributed by atoms with Crippen molar-refractivity contribution in [2.45, 2.75) is 64.6 Å². The molecule has 2 amide bonds. The second-order valence-corrected chi connectivity index (χ2v) is 12.1. The molecule has 1 N–H and O–H groups in total. The third-order valence-corrected chi connectivity index (χ3v) is 7.95. The van der Waals surface area contributed by atoms with Gasteiger partial charge in [-0.15, -0.1) is 0 Å². The van der Waals surface area contributed by atoms with E-state index in [1.165, 1.54) is 23.1 Å². The van der Waals surface area contributed by atoms with Crippen molar-refractivity contribution in [3.05, 3.63) is 63.6 Å². The van der Waals surface area contributed by atoms with Crippen LogP contribution in [0.25, 0.3) is 0 Å². The lowest BCUT2D eigenvalue weighted by Crippen LogP contribution is -2.53. The molecule has 1 fully saturated rings. The number of benzene rings is 2. The number of nitrogens with one attached hydrogen (secondary N) is 1. The Morgan fingerprint density at radius 3 is 2.17 bits per heavy atom. The molecule has 1 saturated carbocycles. The Balaban J connectivity index is 1.93. The van der Waals surface area contributed by atoms with E-state index in [9.17, 15) is 18.0 Å². The van der Waals surface area contributed by atoms with Crippen molar-refractivity contribution in [1.29, 1.82) is 0 Å². The summed E-state index contributed by atoms with van der Waals surface area (Å²) in [6.07, 6.45) is 5.39. The molecular formula is C26H33Cl2N3O4S. The van der Waals surface area contributed by atoms with Crippen molar-refractivity contribution >= 4 is 50.7 Å². The Morgan fingerprint density at radius 1 is 1.06 bits per heavy atom. The molecule has 0 bridgehead atoms. The fourth-order valence-electron chi connectivity index (χ4n) is 4.47. The topological polar surface area (TPSA) is 86.8 Å². The van der Waals surface area contributed by atoms with Crippen LogP contribution in [0, 0.1) is 6.92 Å². The minimum Gasteiger partial charge on any atom is -0.352 e. The zero-order chi connectivity index (χ0) is 26.5. The standard InChI is InChI=1S/C26H33Cl2N3O4S/c1-4-24(26(33)29-22-7-5-6-8-22)30(16-19-11-9-18(2)10-12-19)25(32)17-31(36(3,34)35)23-14-20(27)13-21(28)15-23/h9-15,22,24H,4-8,16-17H2,1-3H3,(H,29,33)/t24-/m1/s1. The summed E-state index contributed by atoms with van der Waals surface area (Å²) in [5.74, 6) is -0.716. The van der Waals surface area contributed by atoms with E-state index in [0.29, 0.717) is 6.42 Å². The number of sulfonamides is 1. The number of anilines is 1. The third kappa shape index (κ3) is 7.60. The minimum atomic E-state index is -3.86. The second-order valence-electron chi connectivity index (χ2n) is 9.32. The highest BCUT2D eigenvalue weighted by atomic mass is 35.5. The number of carbonyl (C=O) groups excluding carboxylic acids is 2. The molecule has 2 aromatic carbocycles. The normalized spacial score (nSPS) is 14.9. The van der Waals surface area contributed by atoms with Gasteiger partial charge in [0.2, 0.25) is 21.8 Å². The first-order valence-corrected chi connectivity index (χ1v) is 14.7. The Bertz CT molecular complexity index is 1160. The molecule has 1 aliphatic rings. The predicted octanol–water partition coefficient (Wildman–Crippen LogP) is 4.93. The van der Waals surface area contributed by atoms with Crippen LogP contribution in [0.3, 0.4) is 0 Å². The summed E-state index contributed by atoms with van der Waals surface area (Å²) in [5, 5.41) is 3.59. The summed E-state index contributed by atoms with van der Waals surface area (Å²) < 4.78 is 26.4. The van der Waals surface area contributed by atoms with E-state index in [4.69, 9.17) is 23.2 Å². The van der Waals surface area contributed by atoms with Crippen molar-refractivity contribution in [1.82, 2.24) is 10.2 Å². The fraction of sp³-hybridized carbons (Fsp3) is 0.462. The van der Waals surface area contributed by atoms with Gasteiger partial charge in [0, 0.05) is 22.6 Å². The molecule has 0 aromatic heterocycles. The lowest BCUT2D eigenvalue weighted by atomic mass is 10.1. The molecule has 0 spiro atoms. The first kappa shape index (κ1) is 28.3. The molecule has 1 aliphatic carbocycles. The molecule has 0 heterocycles. The molecule has 36 heavy (non-hydrogen) atoms. The molecule has 196 valence electrons. The number of rotatable bonds is 10. The molecule has 10 heteroatoms. The highest BCUT2D eigenvalue weighted by Crippen LogP contribution is 2.27. The Kier molecular flexibility index (Phi) is 9.66. The number of amides is 2. The van der Waals surface area contributed by atoms with E-state index in [1.807, 2.05) is 38.1 Å². The quantitative estimate of drug-likeness (QED) is 0.451. The SMILES string of the molecule is CC[C@H](C(=O)NC1CCCC1)N(Cc1ccc(C)cc1)C(=O)CN(c1cc(Cl)cc(Cl)c1)S(C)(=O)=O. The lowest BCUT2D eigenvalue weighted by Gasteiger charge is -2.33. The summed E-state index contributed by atoms with van der Waals surface area (Å²) >= 11 is 12.2. The molecular weight excluding hydrogens is 521 g/mol. The maximum Gasteiger partial charge on any atom is 0.244 e. The summed E-state index contributed by atoms with van der Waals surface area (Å²) in [4.78, 5) is 28.5. The molecule has 1 atom stereocenters. The van der Waals surface area contributed by atoms with Gasteiger partial charge in [0.15, 0.2) is 0 Å². The molecule has 0 radical (unpaired) electrons. The van der Waals surface area contributed by atoms with Crippen LogP contribution in [-0.2, 0) is 26.2 Å². The van der Waals surface area contributed by atoms with Gasteiger partial charge in [-0.3, -0.25) is 13.9 Å². The number of aryl methyl sites for hydroxylation is 1. The van der Waals surface area contributed by atoms with Gasteiger partial charge < -0.3 is 10.2 Å². The third-order valence-electron chi connectivity index (χ3n) is 6.38. The molecule has 2 aromatic rings. The summed E-state index contributed by atoms with van der Waals surface area (Å²) in [7, 11) is -3.86. The second kappa shape index (κ2) is 12.3. The van der Waals surface area contributed by atoms with Crippen molar-refractivity contribution in [2.24, 2.45) is 0 Å². The molecule has 0 saturated heterocycles. The van der Waals surface area contributed by atoms with Crippen LogP contribution in [0.1, 0.15) is 50.2 Å². The summed E-state index contributed by atoms with van der Waals surface area (Å²) in [6.45, 7) is 3.49. The number of carbonyl (C=O) groups is 2. The van der Waals surface area contributed by atoms with Crippen molar-refractivity contribution in [3.8, 4) is 0 Å². The van der Waals surface area contributed by atoms with Gasteiger partial charge >= 0.3 is 0 Å². The Hall–Kier alpha value is -2.29. The number of hydrogen-bond acceptors (Lipinski definition) is 4. The van der Waals surface area contributed by atoms with Gasteiger partial charge in [0.25, 0.3) is 0 Å². The van der Waals surface area contributed by atoms with Gasteiger partial charge in [-0.1, -0.05) is 72.8 Å². The van der Waals surface area contributed by atoms with Crippen LogP contribution in [-0.4, -0.2) is 50.0 Å². The molecule has 7 nitrogen and oxygen atoms in total. The van der Waals surface area contributed by atoms with Crippen LogP contribution in [0.2, 0.25) is 10.0 Å². The van der Waals surface area contributed by atoms with Gasteiger partial charge in [0.05, 0.1) is 11.9 Å². The van der Waals surface area contributed by atoms with Gasteiger partial charge in [-0.05, 0) is 49.9 Å². The lowest BCUT2D eigenvalue weighted by molar-refractivity contribution is -0.140. The Labute approximate surface area is 223 Å². The van der Waals surface area contributed by atoms with Crippen LogP contribution in [0.4, 0.5) is 5.69 Å². The average molecular weight is 555 g/mol. The summed E-state index contributed by atoms with van der Waals surface area (Å²) in [5.41, 5.74) is 2.10. The van der Waals surface area contributed by atoms with Crippen LogP contribution in [0.15, 0.2) is 42.5 Å². The van der Waals surface area contributed by atoms with Crippen LogP contribution in [0.5, 0.6) is 0 Å². The van der Waals surface area contributed by atoms with E-state index in [-0.39, 0.29) is 34.2 Å². The molecule has 0 aliphatic heterocycles. The number of hydrogen-bond donors (Lipinski definition) is 1. The van der Waals surface area contributed by atoms with E-state index in [0.717, 1.165) is 47.4 Å². The zero-order valence-corrected chi connectivity index (χ0v) is 23.2. The van der Waals surface area contributed by atoms with Crippen molar-refractivity contribution < 1.29 is 18.0 Å². The van der Waals surface area contributed by atoms with Crippen molar-refractivity contribution in [2.75, 3.05) is 17.1 Å². The van der Waals surface area contributed by atoms with E-state index in [1.54, 1.807) is 0 Å². The fourth-order valence-corrected chi connectivity index (χ4v) is 5.82. The first-order chi connectivity index (χ1) is 17.0. The monoisotopic (exact) mass is 553 g/mol. The van der Waals surface area contributed by atoms with Gasteiger partial charge in [-0.25, -0.2) is 8.42 Å². The molecule has 0 unspecified atom stereocenters. The first-order valence-electron chi connectivity index (χ1n) is 12.1. The largest absolute Gasteiger partial charge is 0.352 e. The smallest absolute Gasteiger partial charge is 0.244 e. The van der Waals surface area contributed by atoms with Gasteiger partial charge in [0.1, 0.15) is 12.6 Å². The Morgan fingerprint density at radius 2 is 1.64 bits per heavy atom. The number of halogens is 2. The predicted molar refractivity (Wildman–Crippen MR) is 145 cm³/mol. The van der Waals surface area contributed by atoms with Gasteiger partial charge in [-0.2, -0.15) is 0 Å². The van der Waals surface area contributed by atoms with Crippen LogP contribution < -0.4 is 9.62 Å². The zero-order valence-electron chi connectivity index (χ0n) is 20.8. The minimum absolute atomic E-state index is 0.101. The highest BCUT2D eigenvalue weighted by molar-refractivity contribution is 7.92.